The van der Waals surface area contributed by atoms with E-state index in [2.05, 4.69) is 31.0 Å². The highest BCUT2D eigenvalue weighted by atomic mass is 16.2. The number of carbonyl (C=O) groups is 1. The Bertz CT molecular complexity index is 303. The fourth-order valence-electron chi connectivity index (χ4n) is 3.14. The van der Waals surface area contributed by atoms with E-state index in [0.717, 1.165) is 51.7 Å². The van der Waals surface area contributed by atoms with Gasteiger partial charge in [0.2, 0.25) is 5.91 Å². The smallest absolute Gasteiger partial charge is 0.229 e. The van der Waals surface area contributed by atoms with Gasteiger partial charge in [-0.15, -0.1) is 0 Å². The Hall–Kier alpha value is -0.610. The van der Waals surface area contributed by atoms with Crippen LogP contribution < -0.4 is 5.32 Å². The Morgan fingerprint density at radius 2 is 1.74 bits per heavy atom. The van der Waals surface area contributed by atoms with Crippen molar-refractivity contribution in [2.45, 2.75) is 33.6 Å². The second kappa shape index (κ2) is 6.23. The molecule has 2 aliphatic rings. The molecular formula is C15H29N3O. The van der Waals surface area contributed by atoms with Gasteiger partial charge < -0.3 is 15.1 Å². The van der Waals surface area contributed by atoms with Crippen molar-refractivity contribution < 1.29 is 4.79 Å². The lowest BCUT2D eigenvalue weighted by molar-refractivity contribution is -0.142. The third kappa shape index (κ3) is 3.93. The van der Waals surface area contributed by atoms with E-state index in [1.54, 1.807) is 0 Å². The summed E-state index contributed by atoms with van der Waals surface area (Å²) in [4.78, 5) is 17.1. The van der Waals surface area contributed by atoms with Gasteiger partial charge >= 0.3 is 0 Å². The maximum absolute atomic E-state index is 12.6. The van der Waals surface area contributed by atoms with Gasteiger partial charge in [0.05, 0.1) is 5.41 Å². The SMILES string of the molecule is CC1CCN(CC(C)(C)C(=O)N2CCNCC2)CC1. The van der Waals surface area contributed by atoms with Gasteiger partial charge in [0.15, 0.2) is 0 Å². The van der Waals surface area contributed by atoms with Crippen molar-refractivity contribution in [2.75, 3.05) is 45.8 Å². The summed E-state index contributed by atoms with van der Waals surface area (Å²) in [6.07, 6.45) is 2.55. The highest BCUT2D eigenvalue weighted by Crippen LogP contribution is 2.24. The number of hydrogen-bond acceptors (Lipinski definition) is 3. The van der Waals surface area contributed by atoms with Gasteiger partial charge in [-0.1, -0.05) is 6.92 Å². The number of nitrogens with zero attached hydrogens (tertiary/aromatic N) is 2. The second-order valence-electron chi connectivity index (χ2n) is 6.88. The highest BCUT2D eigenvalue weighted by Gasteiger charge is 2.34. The van der Waals surface area contributed by atoms with Crippen molar-refractivity contribution in [1.82, 2.24) is 15.1 Å². The quantitative estimate of drug-likeness (QED) is 0.834. The highest BCUT2D eigenvalue weighted by molar-refractivity contribution is 5.82. The summed E-state index contributed by atoms with van der Waals surface area (Å²) in [7, 11) is 0. The van der Waals surface area contributed by atoms with E-state index >= 15 is 0 Å². The second-order valence-corrected chi connectivity index (χ2v) is 6.88. The summed E-state index contributed by atoms with van der Waals surface area (Å²) < 4.78 is 0. The molecule has 110 valence electrons. The molecule has 2 saturated heterocycles. The van der Waals surface area contributed by atoms with Crippen LogP contribution in [0.25, 0.3) is 0 Å². The third-order valence-electron chi connectivity index (χ3n) is 4.48. The molecule has 2 heterocycles. The molecular weight excluding hydrogens is 238 g/mol. The van der Waals surface area contributed by atoms with Gasteiger partial charge in [-0.3, -0.25) is 4.79 Å². The molecule has 0 spiro atoms. The first-order chi connectivity index (χ1) is 8.99. The lowest BCUT2D eigenvalue weighted by Gasteiger charge is -2.39. The van der Waals surface area contributed by atoms with Crippen LogP contribution in [-0.4, -0.2) is 61.5 Å². The number of nitrogens with one attached hydrogen (secondary N) is 1. The van der Waals surface area contributed by atoms with Gasteiger partial charge in [0, 0.05) is 32.7 Å². The minimum atomic E-state index is -0.252. The molecule has 0 aromatic rings. The fourth-order valence-corrected chi connectivity index (χ4v) is 3.14. The molecule has 1 amide bonds. The number of piperazine rings is 1. The van der Waals surface area contributed by atoms with Crippen LogP contribution in [0, 0.1) is 11.3 Å². The lowest BCUT2D eigenvalue weighted by Crippen LogP contribution is -2.53. The van der Waals surface area contributed by atoms with Crippen LogP contribution >= 0.6 is 0 Å². The first-order valence-corrected chi connectivity index (χ1v) is 7.71. The first-order valence-electron chi connectivity index (χ1n) is 7.71. The molecule has 0 bridgehead atoms. The van der Waals surface area contributed by atoms with Crippen LogP contribution in [0.2, 0.25) is 0 Å². The van der Waals surface area contributed by atoms with Crippen LogP contribution in [-0.2, 0) is 4.79 Å². The van der Waals surface area contributed by atoms with E-state index < -0.39 is 0 Å². The lowest BCUT2D eigenvalue weighted by atomic mass is 9.88. The number of hydrogen-bond donors (Lipinski definition) is 1. The predicted molar refractivity (Wildman–Crippen MR) is 78.1 cm³/mol. The molecule has 0 aromatic heterocycles. The van der Waals surface area contributed by atoms with E-state index in [1.165, 1.54) is 12.8 Å². The maximum Gasteiger partial charge on any atom is 0.229 e. The molecule has 0 unspecified atom stereocenters. The minimum absolute atomic E-state index is 0.252. The van der Waals surface area contributed by atoms with Crippen molar-refractivity contribution in [1.29, 1.82) is 0 Å². The molecule has 2 rings (SSSR count). The molecule has 2 aliphatic heterocycles. The topological polar surface area (TPSA) is 35.6 Å². The normalized spacial score (nSPS) is 23.6. The van der Waals surface area contributed by atoms with Gasteiger partial charge in [0.25, 0.3) is 0 Å². The van der Waals surface area contributed by atoms with Crippen LogP contribution in [0.1, 0.15) is 33.6 Å². The van der Waals surface area contributed by atoms with Crippen LogP contribution in [0.3, 0.4) is 0 Å². The van der Waals surface area contributed by atoms with E-state index in [0.29, 0.717) is 5.91 Å². The zero-order valence-electron chi connectivity index (χ0n) is 12.7. The molecule has 4 heteroatoms. The summed E-state index contributed by atoms with van der Waals surface area (Å²) in [5.74, 6) is 1.18. The van der Waals surface area contributed by atoms with E-state index in [4.69, 9.17) is 0 Å². The Morgan fingerprint density at radius 1 is 1.16 bits per heavy atom. The number of carbonyl (C=O) groups excluding carboxylic acids is 1. The van der Waals surface area contributed by atoms with Crippen molar-refractivity contribution >= 4 is 5.91 Å². The van der Waals surface area contributed by atoms with Crippen LogP contribution in [0.5, 0.6) is 0 Å². The van der Waals surface area contributed by atoms with Gasteiger partial charge in [-0.2, -0.15) is 0 Å². The molecule has 2 fully saturated rings. The predicted octanol–water partition coefficient (Wildman–Crippen LogP) is 1.18. The molecule has 0 atom stereocenters. The van der Waals surface area contributed by atoms with Gasteiger partial charge in [0.1, 0.15) is 0 Å². The maximum atomic E-state index is 12.6. The number of piperidine rings is 1. The first kappa shape index (κ1) is 14.8. The van der Waals surface area contributed by atoms with E-state index in [1.807, 2.05) is 4.90 Å². The summed E-state index contributed by atoms with van der Waals surface area (Å²) in [6, 6.07) is 0. The number of amides is 1. The van der Waals surface area contributed by atoms with Crippen LogP contribution in [0.4, 0.5) is 0 Å². The molecule has 0 aliphatic carbocycles. The molecule has 0 saturated carbocycles. The van der Waals surface area contributed by atoms with Gasteiger partial charge in [-0.25, -0.2) is 0 Å². The fraction of sp³-hybridized carbons (Fsp3) is 0.933. The Morgan fingerprint density at radius 3 is 2.32 bits per heavy atom. The molecule has 19 heavy (non-hydrogen) atoms. The standard InChI is InChI=1S/C15H29N3O/c1-13-4-8-17(9-5-13)12-15(2,3)14(19)18-10-6-16-7-11-18/h13,16H,4-12H2,1-3H3. The molecule has 4 nitrogen and oxygen atoms in total. The van der Waals surface area contributed by atoms with Gasteiger partial charge in [-0.05, 0) is 45.7 Å². The Balaban J connectivity index is 1.87. The van der Waals surface area contributed by atoms with Crippen molar-refractivity contribution in [3.63, 3.8) is 0 Å². The van der Waals surface area contributed by atoms with Crippen molar-refractivity contribution in [2.24, 2.45) is 11.3 Å². The molecule has 0 aromatic carbocycles. The zero-order chi connectivity index (χ0) is 13.9. The van der Waals surface area contributed by atoms with Crippen LogP contribution in [0.15, 0.2) is 0 Å². The molecule has 0 radical (unpaired) electrons. The molecule has 1 N–H and O–H groups in total. The number of likely N-dealkylation sites (tertiary alicyclic amines) is 1. The summed E-state index contributed by atoms with van der Waals surface area (Å²) in [5, 5.41) is 3.30. The Labute approximate surface area is 117 Å². The summed E-state index contributed by atoms with van der Waals surface area (Å²) >= 11 is 0. The Kier molecular flexibility index (Phi) is 4.85. The summed E-state index contributed by atoms with van der Waals surface area (Å²) in [5.41, 5.74) is -0.252. The average Bonchev–Trinajstić information content (AvgIpc) is 2.41. The monoisotopic (exact) mass is 267 g/mol. The van der Waals surface area contributed by atoms with E-state index in [-0.39, 0.29) is 5.41 Å². The third-order valence-corrected chi connectivity index (χ3v) is 4.48. The van der Waals surface area contributed by atoms with Crippen molar-refractivity contribution in [3.05, 3.63) is 0 Å². The zero-order valence-corrected chi connectivity index (χ0v) is 12.7. The minimum Gasteiger partial charge on any atom is -0.340 e. The number of rotatable bonds is 3. The van der Waals surface area contributed by atoms with E-state index in [9.17, 15) is 4.79 Å². The average molecular weight is 267 g/mol. The largest absolute Gasteiger partial charge is 0.340 e. The summed E-state index contributed by atoms with van der Waals surface area (Å²) in [6.45, 7) is 13.3. The van der Waals surface area contributed by atoms with Crippen molar-refractivity contribution in [3.8, 4) is 0 Å².